The maximum absolute atomic E-state index is 4.72. The molecule has 0 saturated heterocycles. The molecular formula is C22H16BN. The van der Waals surface area contributed by atoms with Crippen LogP contribution in [-0.2, 0) is 0 Å². The Labute approximate surface area is 142 Å². The summed E-state index contributed by atoms with van der Waals surface area (Å²) >= 11 is 0. The van der Waals surface area contributed by atoms with Gasteiger partial charge in [0.1, 0.15) is 0 Å². The molecule has 0 atom stereocenters. The lowest BCUT2D eigenvalue weighted by Gasteiger charge is -2.11. The summed E-state index contributed by atoms with van der Waals surface area (Å²) in [6.45, 7) is 2.34. The van der Waals surface area contributed by atoms with Crippen LogP contribution in [0.1, 0.15) is 5.69 Å². The Hall–Kier alpha value is -2.87. The van der Waals surface area contributed by atoms with E-state index in [1.165, 1.54) is 32.9 Å². The van der Waals surface area contributed by atoms with E-state index >= 15 is 0 Å². The van der Waals surface area contributed by atoms with Gasteiger partial charge in [0.25, 0.3) is 0 Å². The Bertz CT molecular complexity index is 1040. The van der Waals surface area contributed by atoms with Gasteiger partial charge < -0.3 is 0 Å². The Morgan fingerprint density at radius 3 is 2.04 bits per heavy atom. The van der Waals surface area contributed by atoms with Crippen molar-refractivity contribution in [2.75, 3.05) is 0 Å². The quantitative estimate of drug-likeness (QED) is 0.434. The van der Waals surface area contributed by atoms with E-state index in [0.717, 1.165) is 11.2 Å². The van der Waals surface area contributed by atoms with Gasteiger partial charge in [0.2, 0.25) is 6.71 Å². The van der Waals surface area contributed by atoms with E-state index in [-0.39, 0.29) is 0 Å². The molecule has 0 saturated carbocycles. The van der Waals surface area contributed by atoms with Crippen LogP contribution < -0.4 is 16.4 Å². The van der Waals surface area contributed by atoms with Crippen LogP contribution in [0.2, 0.25) is 0 Å². The summed E-state index contributed by atoms with van der Waals surface area (Å²) in [5, 5.41) is 1.20. The molecule has 1 aromatic heterocycles. The van der Waals surface area contributed by atoms with Gasteiger partial charge in [-0.2, -0.15) is 0 Å². The summed E-state index contributed by atoms with van der Waals surface area (Å²) in [5.41, 5.74) is 8.96. The van der Waals surface area contributed by atoms with Crippen LogP contribution in [0.4, 0.5) is 0 Å². The molecule has 112 valence electrons. The molecule has 24 heavy (non-hydrogen) atoms. The minimum Gasteiger partial charge on any atom is -0.253 e. The highest BCUT2D eigenvalue weighted by Crippen LogP contribution is 2.23. The third-order valence-electron chi connectivity index (χ3n) is 5.02. The van der Waals surface area contributed by atoms with Crippen LogP contribution in [0, 0.1) is 6.92 Å². The van der Waals surface area contributed by atoms with Crippen LogP contribution in [-0.4, -0.2) is 11.7 Å². The lowest BCUT2D eigenvalue weighted by molar-refractivity contribution is 1.26. The van der Waals surface area contributed by atoms with E-state index in [2.05, 4.69) is 78.9 Å². The Balaban J connectivity index is 1.77. The summed E-state index contributed by atoms with van der Waals surface area (Å²) in [6.07, 6.45) is 0. The van der Waals surface area contributed by atoms with Crippen LogP contribution >= 0.6 is 0 Å². The molecule has 0 amide bonds. The summed E-state index contributed by atoms with van der Waals surface area (Å²) < 4.78 is 0. The fourth-order valence-electron chi connectivity index (χ4n) is 3.93. The number of aromatic nitrogens is 1. The van der Waals surface area contributed by atoms with Crippen molar-refractivity contribution in [3.63, 3.8) is 0 Å². The Morgan fingerprint density at radius 2 is 1.33 bits per heavy atom. The number of rotatable bonds is 1. The standard InChI is InChI=1S/C22H16BN/c1-15-10-11-16-12-13-17(14-22(16)24-15)23-20-8-4-2-6-18(20)19-7-3-5-9-21(19)23/h2-14H,1H3. The number of hydrogen-bond donors (Lipinski definition) is 0. The molecule has 2 heterocycles. The van der Waals surface area contributed by atoms with Gasteiger partial charge in [-0.15, -0.1) is 0 Å². The van der Waals surface area contributed by atoms with Crippen molar-refractivity contribution in [2.24, 2.45) is 0 Å². The minimum atomic E-state index is 0.295. The van der Waals surface area contributed by atoms with Gasteiger partial charge in [-0.3, -0.25) is 4.98 Å². The van der Waals surface area contributed by atoms with E-state index in [1.807, 2.05) is 6.92 Å². The smallest absolute Gasteiger partial charge is 0.242 e. The molecule has 0 radical (unpaired) electrons. The second-order valence-electron chi connectivity index (χ2n) is 6.51. The van der Waals surface area contributed by atoms with Gasteiger partial charge in [0.05, 0.1) is 5.52 Å². The first kappa shape index (κ1) is 13.6. The van der Waals surface area contributed by atoms with Crippen molar-refractivity contribution in [1.29, 1.82) is 0 Å². The van der Waals surface area contributed by atoms with Crippen molar-refractivity contribution in [3.05, 3.63) is 84.6 Å². The maximum Gasteiger partial charge on any atom is 0.242 e. The first-order valence-corrected chi connectivity index (χ1v) is 8.37. The molecular weight excluding hydrogens is 289 g/mol. The molecule has 1 aliphatic heterocycles. The third kappa shape index (κ3) is 1.93. The molecule has 4 aromatic rings. The maximum atomic E-state index is 4.72. The highest BCUT2D eigenvalue weighted by Gasteiger charge is 2.32. The minimum absolute atomic E-state index is 0.295. The van der Waals surface area contributed by atoms with E-state index in [0.29, 0.717) is 6.71 Å². The van der Waals surface area contributed by atoms with Gasteiger partial charge in [-0.25, -0.2) is 0 Å². The van der Waals surface area contributed by atoms with E-state index in [4.69, 9.17) is 4.98 Å². The number of aryl methyl sites for hydroxylation is 1. The third-order valence-corrected chi connectivity index (χ3v) is 5.02. The van der Waals surface area contributed by atoms with Crippen molar-refractivity contribution in [3.8, 4) is 11.1 Å². The second kappa shape index (κ2) is 5.07. The SMILES string of the molecule is Cc1ccc2ccc(B3c4ccccc4-c4ccccc43)cc2n1. The molecule has 0 N–H and O–H groups in total. The molecule has 2 heteroatoms. The zero-order valence-electron chi connectivity index (χ0n) is 13.5. The molecule has 0 aliphatic carbocycles. The molecule has 5 rings (SSSR count). The summed E-state index contributed by atoms with van der Waals surface area (Å²) in [6, 6.07) is 28.4. The monoisotopic (exact) mass is 305 g/mol. The van der Waals surface area contributed by atoms with Crippen molar-refractivity contribution in [1.82, 2.24) is 4.98 Å². The van der Waals surface area contributed by atoms with Gasteiger partial charge >= 0.3 is 0 Å². The Kier molecular flexibility index (Phi) is 2.86. The topological polar surface area (TPSA) is 12.9 Å². The predicted molar refractivity (Wildman–Crippen MR) is 103 cm³/mol. The fraction of sp³-hybridized carbons (Fsp3) is 0.0455. The first-order chi connectivity index (χ1) is 11.8. The second-order valence-corrected chi connectivity index (χ2v) is 6.51. The van der Waals surface area contributed by atoms with Crippen LogP contribution in [0.3, 0.4) is 0 Å². The van der Waals surface area contributed by atoms with Crippen molar-refractivity contribution < 1.29 is 0 Å². The van der Waals surface area contributed by atoms with Crippen molar-refractivity contribution >= 4 is 34.0 Å². The van der Waals surface area contributed by atoms with Gasteiger partial charge in [0, 0.05) is 11.1 Å². The molecule has 0 unspecified atom stereocenters. The number of nitrogens with zero attached hydrogens (tertiary/aromatic N) is 1. The van der Waals surface area contributed by atoms with Gasteiger partial charge in [-0.1, -0.05) is 83.1 Å². The zero-order valence-corrected chi connectivity index (χ0v) is 13.5. The summed E-state index contributed by atoms with van der Waals surface area (Å²) in [4.78, 5) is 4.72. The van der Waals surface area contributed by atoms with Crippen LogP contribution in [0.25, 0.3) is 22.0 Å². The first-order valence-electron chi connectivity index (χ1n) is 8.37. The van der Waals surface area contributed by atoms with E-state index in [1.54, 1.807) is 0 Å². The number of benzene rings is 3. The fourth-order valence-corrected chi connectivity index (χ4v) is 3.93. The Morgan fingerprint density at radius 1 is 0.708 bits per heavy atom. The molecule has 0 bridgehead atoms. The number of hydrogen-bond acceptors (Lipinski definition) is 1. The summed E-state index contributed by atoms with van der Waals surface area (Å²) in [7, 11) is 0. The lowest BCUT2D eigenvalue weighted by Crippen LogP contribution is -2.48. The van der Waals surface area contributed by atoms with E-state index in [9.17, 15) is 0 Å². The average Bonchev–Trinajstić information content (AvgIpc) is 2.95. The lowest BCUT2D eigenvalue weighted by atomic mass is 9.39. The van der Waals surface area contributed by atoms with Crippen LogP contribution in [0.5, 0.6) is 0 Å². The van der Waals surface area contributed by atoms with Crippen LogP contribution in [0.15, 0.2) is 78.9 Å². The highest BCUT2D eigenvalue weighted by molar-refractivity contribution is 6.99. The number of pyridine rings is 1. The molecule has 3 aromatic carbocycles. The van der Waals surface area contributed by atoms with E-state index < -0.39 is 0 Å². The highest BCUT2D eigenvalue weighted by atomic mass is 14.7. The predicted octanol–water partition coefficient (Wildman–Crippen LogP) is 3.04. The average molecular weight is 305 g/mol. The van der Waals surface area contributed by atoms with Gasteiger partial charge in [0.15, 0.2) is 0 Å². The largest absolute Gasteiger partial charge is 0.253 e. The molecule has 1 aliphatic rings. The van der Waals surface area contributed by atoms with Crippen molar-refractivity contribution in [2.45, 2.75) is 6.92 Å². The zero-order chi connectivity index (χ0) is 16.1. The summed E-state index contributed by atoms with van der Waals surface area (Å²) in [5.74, 6) is 0. The van der Waals surface area contributed by atoms with Gasteiger partial charge in [-0.05, 0) is 30.2 Å². The molecule has 0 spiro atoms. The molecule has 1 nitrogen and oxygen atoms in total. The normalized spacial score (nSPS) is 12.3. The number of fused-ring (bicyclic) bond motifs is 4. The molecule has 0 fully saturated rings.